The summed E-state index contributed by atoms with van der Waals surface area (Å²) in [7, 11) is 1.51. The molecule has 1 amide bonds. The molecule has 0 radical (unpaired) electrons. The van der Waals surface area contributed by atoms with Crippen molar-refractivity contribution in [2.24, 2.45) is 5.73 Å². The van der Waals surface area contributed by atoms with Gasteiger partial charge >= 0.3 is 6.61 Å². The predicted octanol–water partition coefficient (Wildman–Crippen LogP) is 2.97. The number of halogens is 2. The van der Waals surface area contributed by atoms with Gasteiger partial charge in [0, 0.05) is 11.6 Å². The van der Waals surface area contributed by atoms with Crippen LogP contribution >= 0.6 is 11.3 Å². The summed E-state index contributed by atoms with van der Waals surface area (Å²) >= 11 is 0.958. The van der Waals surface area contributed by atoms with E-state index in [0.717, 1.165) is 11.3 Å². The van der Waals surface area contributed by atoms with E-state index in [1.807, 2.05) is 0 Å². The molecule has 0 bridgehead atoms. The Hall–Kier alpha value is -3.80. The van der Waals surface area contributed by atoms with Crippen LogP contribution in [0.15, 0.2) is 42.6 Å². The van der Waals surface area contributed by atoms with E-state index in [0.29, 0.717) is 17.0 Å². The number of alkyl halides is 2. The average molecular weight is 463 g/mol. The van der Waals surface area contributed by atoms with Crippen molar-refractivity contribution in [3.05, 3.63) is 53.0 Å². The fourth-order valence-corrected chi connectivity index (χ4v) is 3.81. The van der Waals surface area contributed by atoms with Crippen LogP contribution in [0.2, 0.25) is 0 Å². The van der Waals surface area contributed by atoms with Crippen LogP contribution in [0, 0.1) is 0 Å². The highest BCUT2D eigenvalue weighted by Gasteiger charge is 2.27. The number of methoxy groups -OCH3 is 1. The van der Waals surface area contributed by atoms with Crippen molar-refractivity contribution in [2.75, 3.05) is 17.7 Å². The van der Waals surface area contributed by atoms with Gasteiger partial charge in [0.25, 0.3) is 0 Å². The minimum atomic E-state index is -3.03. The Morgan fingerprint density at radius 3 is 2.38 bits per heavy atom. The molecule has 12 heteroatoms. The fraction of sp³-hybridized carbons (Fsp3) is 0.200. The first-order chi connectivity index (χ1) is 15.2. The zero-order valence-electron chi connectivity index (χ0n) is 17.0. The lowest BCUT2D eigenvalue weighted by Gasteiger charge is -2.26. The molecule has 0 saturated carbocycles. The predicted molar refractivity (Wildman–Crippen MR) is 115 cm³/mol. The van der Waals surface area contributed by atoms with Crippen LogP contribution in [0.5, 0.6) is 11.6 Å². The number of carbonyl (C=O) groups is 2. The Kier molecular flexibility index (Phi) is 6.83. The van der Waals surface area contributed by atoms with E-state index in [4.69, 9.17) is 16.2 Å². The summed E-state index contributed by atoms with van der Waals surface area (Å²) in [5.41, 5.74) is 12.2. The Balaban J connectivity index is 1.97. The summed E-state index contributed by atoms with van der Waals surface area (Å²) in [4.78, 5) is 34.5. The van der Waals surface area contributed by atoms with Gasteiger partial charge in [0.05, 0.1) is 19.0 Å². The minimum absolute atomic E-state index is 0.0295. The molecule has 168 valence electrons. The van der Waals surface area contributed by atoms with Crippen molar-refractivity contribution >= 4 is 39.7 Å². The number of carbonyl (C=O) groups excluding carboxylic acids is 2. The standard InChI is InChI=1S/C20H19F2N5O4S/c1-10(18(24)29)27(12-5-8-14(25-9-12)31-19(21)22)20-26-17(23)16(32-20)15(28)11-3-6-13(30-2)7-4-11/h3-10,19H,23H2,1-2H3,(H2,24,29)/t10-/m1/s1. The molecule has 0 fully saturated rings. The van der Waals surface area contributed by atoms with Gasteiger partial charge in [-0.3, -0.25) is 9.59 Å². The topological polar surface area (TPSA) is 134 Å². The number of ether oxygens (including phenoxy) is 2. The zero-order chi connectivity index (χ0) is 23.4. The monoisotopic (exact) mass is 463 g/mol. The molecule has 2 aromatic heterocycles. The molecule has 2 heterocycles. The van der Waals surface area contributed by atoms with Crippen LogP contribution in [0.1, 0.15) is 22.2 Å². The van der Waals surface area contributed by atoms with Gasteiger partial charge in [-0.1, -0.05) is 11.3 Å². The molecular formula is C20H19F2N5O4S. The first kappa shape index (κ1) is 22.9. The average Bonchev–Trinajstić information content (AvgIpc) is 3.15. The molecule has 1 aromatic carbocycles. The summed E-state index contributed by atoms with van der Waals surface area (Å²) in [5, 5.41) is 0.204. The third kappa shape index (κ3) is 4.91. The largest absolute Gasteiger partial charge is 0.497 e. The maximum absolute atomic E-state index is 12.9. The molecule has 4 N–H and O–H groups in total. The van der Waals surface area contributed by atoms with Gasteiger partial charge in [0.2, 0.25) is 17.6 Å². The number of aromatic nitrogens is 2. The lowest BCUT2D eigenvalue weighted by atomic mass is 10.1. The maximum Gasteiger partial charge on any atom is 0.388 e. The van der Waals surface area contributed by atoms with Crippen LogP contribution in [-0.4, -0.2) is 41.4 Å². The number of ketones is 1. The number of primary amides is 1. The van der Waals surface area contributed by atoms with Crippen LogP contribution in [0.3, 0.4) is 0 Å². The van der Waals surface area contributed by atoms with Crippen LogP contribution in [0.4, 0.5) is 25.4 Å². The van der Waals surface area contributed by atoms with Gasteiger partial charge < -0.3 is 25.8 Å². The molecule has 32 heavy (non-hydrogen) atoms. The van der Waals surface area contributed by atoms with E-state index in [2.05, 4.69) is 14.7 Å². The third-order valence-electron chi connectivity index (χ3n) is 4.41. The number of anilines is 3. The highest BCUT2D eigenvalue weighted by atomic mass is 32.1. The summed E-state index contributed by atoms with van der Waals surface area (Å²) in [5.74, 6) is -0.788. The number of hydrogen-bond donors (Lipinski definition) is 2. The highest BCUT2D eigenvalue weighted by molar-refractivity contribution is 7.18. The fourth-order valence-electron chi connectivity index (χ4n) is 2.76. The van der Waals surface area contributed by atoms with E-state index in [-0.39, 0.29) is 27.5 Å². The van der Waals surface area contributed by atoms with Crippen molar-refractivity contribution < 1.29 is 27.8 Å². The maximum atomic E-state index is 12.9. The summed E-state index contributed by atoms with van der Waals surface area (Å²) in [6.07, 6.45) is 1.22. The second kappa shape index (κ2) is 9.56. The number of thiazole rings is 1. The van der Waals surface area contributed by atoms with Gasteiger partial charge in [0.15, 0.2) is 5.13 Å². The number of nitrogens with zero attached hydrogens (tertiary/aromatic N) is 3. The second-order valence-electron chi connectivity index (χ2n) is 6.45. The number of nitrogen functional groups attached to an aromatic ring is 1. The summed E-state index contributed by atoms with van der Waals surface area (Å²) in [6.45, 7) is -1.51. The van der Waals surface area contributed by atoms with Crippen LogP contribution in [-0.2, 0) is 4.79 Å². The number of nitrogens with two attached hydrogens (primary N) is 2. The third-order valence-corrected chi connectivity index (χ3v) is 5.48. The zero-order valence-corrected chi connectivity index (χ0v) is 17.8. The van der Waals surface area contributed by atoms with Crippen molar-refractivity contribution in [1.29, 1.82) is 0 Å². The molecular weight excluding hydrogens is 444 g/mol. The number of hydrogen-bond acceptors (Lipinski definition) is 9. The first-order valence-corrected chi connectivity index (χ1v) is 9.97. The van der Waals surface area contributed by atoms with E-state index in [1.165, 1.54) is 37.3 Å². The van der Waals surface area contributed by atoms with Crippen LogP contribution in [0.25, 0.3) is 0 Å². The van der Waals surface area contributed by atoms with Crippen molar-refractivity contribution in [3.63, 3.8) is 0 Å². The molecule has 0 spiro atoms. The molecule has 9 nitrogen and oxygen atoms in total. The first-order valence-electron chi connectivity index (χ1n) is 9.15. The van der Waals surface area contributed by atoms with Crippen molar-refractivity contribution in [3.8, 4) is 11.6 Å². The number of benzene rings is 1. The SMILES string of the molecule is COc1ccc(C(=O)c2sc(N(c3ccc(OC(F)F)nc3)[C@H](C)C(N)=O)nc2N)cc1. The Labute approximate surface area is 185 Å². The van der Waals surface area contributed by atoms with E-state index < -0.39 is 18.6 Å². The smallest absolute Gasteiger partial charge is 0.388 e. The van der Waals surface area contributed by atoms with E-state index in [9.17, 15) is 18.4 Å². The molecule has 0 aliphatic carbocycles. The number of amides is 1. The Morgan fingerprint density at radius 2 is 1.84 bits per heavy atom. The number of rotatable bonds is 9. The molecule has 0 saturated heterocycles. The quantitative estimate of drug-likeness (QED) is 0.463. The van der Waals surface area contributed by atoms with Crippen LogP contribution < -0.4 is 25.8 Å². The summed E-state index contributed by atoms with van der Waals surface area (Å²) < 4.78 is 34.1. The molecule has 1 atom stereocenters. The van der Waals surface area contributed by atoms with Crippen molar-refractivity contribution in [2.45, 2.75) is 19.6 Å². The molecule has 0 unspecified atom stereocenters. The highest BCUT2D eigenvalue weighted by Crippen LogP contribution is 2.36. The van der Waals surface area contributed by atoms with Gasteiger partial charge in [-0.25, -0.2) is 9.97 Å². The normalized spacial score (nSPS) is 11.8. The van der Waals surface area contributed by atoms with Crippen molar-refractivity contribution in [1.82, 2.24) is 9.97 Å². The summed E-state index contributed by atoms with van der Waals surface area (Å²) in [6, 6.07) is 8.18. The van der Waals surface area contributed by atoms with Gasteiger partial charge in [-0.15, -0.1) is 0 Å². The minimum Gasteiger partial charge on any atom is -0.497 e. The lowest BCUT2D eigenvalue weighted by molar-refractivity contribution is -0.118. The Morgan fingerprint density at radius 1 is 1.16 bits per heavy atom. The lowest BCUT2D eigenvalue weighted by Crippen LogP contribution is -2.40. The second-order valence-corrected chi connectivity index (χ2v) is 7.43. The van der Waals surface area contributed by atoms with E-state index in [1.54, 1.807) is 24.3 Å². The molecule has 3 aromatic rings. The molecule has 0 aliphatic heterocycles. The molecule has 0 aliphatic rings. The molecule has 3 rings (SSSR count). The Bertz CT molecular complexity index is 1110. The van der Waals surface area contributed by atoms with E-state index >= 15 is 0 Å². The van der Waals surface area contributed by atoms with Gasteiger partial charge in [-0.05, 0) is 37.3 Å². The van der Waals surface area contributed by atoms with Gasteiger partial charge in [0.1, 0.15) is 22.5 Å². The van der Waals surface area contributed by atoms with Gasteiger partial charge in [-0.2, -0.15) is 8.78 Å². The number of pyridine rings is 1.